The minimum atomic E-state index is -8.65. The maximum absolute atomic E-state index is 13.1. The Morgan fingerprint density at radius 1 is 0.429 bits per heavy atom. The Morgan fingerprint density at radius 2 is 0.643 bits per heavy atom. The standard InChI is InChI=1S/C10H5F17O/c1-2(28)3(11,12)4(13,14)5(15,16)6(17,18)7(19,20)8(21,22)9(23,24)10(25,26)27/h2,28H,1H3. The van der Waals surface area contributed by atoms with E-state index in [0.717, 1.165) is 0 Å². The molecule has 28 heavy (non-hydrogen) atoms. The minimum absolute atomic E-state index is 0.466. The smallest absolute Gasteiger partial charge is 0.387 e. The van der Waals surface area contributed by atoms with E-state index in [0.29, 0.717) is 0 Å². The summed E-state index contributed by atoms with van der Waals surface area (Å²) in [6.45, 7) is -0.466. The van der Waals surface area contributed by atoms with E-state index >= 15 is 0 Å². The summed E-state index contributed by atoms with van der Waals surface area (Å²) in [5, 5.41) is 8.23. The molecule has 1 N–H and O–H groups in total. The zero-order valence-corrected chi connectivity index (χ0v) is 12.4. The van der Waals surface area contributed by atoms with Crippen LogP contribution >= 0.6 is 0 Å². The van der Waals surface area contributed by atoms with Crippen molar-refractivity contribution in [3.63, 3.8) is 0 Å². The lowest BCUT2D eigenvalue weighted by Crippen LogP contribution is -2.75. The molecule has 18 heteroatoms. The summed E-state index contributed by atoms with van der Waals surface area (Å²) in [7, 11) is 0. The van der Waals surface area contributed by atoms with Crippen molar-refractivity contribution in [2.75, 3.05) is 0 Å². The molecule has 0 aromatic carbocycles. The van der Waals surface area contributed by atoms with Crippen LogP contribution in [0.2, 0.25) is 0 Å². The van der Waals surface area contributed by atoms with Crippen LogP contribution in [0.3, 0.4) is 0 Å². The van der Waals surface area contributed by atoms with Crippen molar-refractivity contribution >= 4 is 0 Å². The van der Waals surface area contributed by atoms with E-state index in [4.69, 9.17) is 5.11 Å². The Bertz CT molecular complexity index is 571. The van der Waals surface area contributed by atoms with Gasteiger partial charge in [-0.05, 0) is 6.92 Å². The molecule has 0 saturated heterocycles. The van der Waals surface area contributed by atoms with Crippen LogP contribution in [0.5, 0.6) is 0 Å². The zero-order chi connectivity index (χ0) is 23.6. The molecule has 0 spiro atoms. The topological polar surface area (TPSA) is 20.2 Å². The summed E-state index contributed by atoms with van der Waals surface area (Å²) in [6, 6.07) is 0. The number of alkyl halides is 17. The highest BCUT2D eigenvalue weighted by atomic mass is 19.4. The van der Waals surface area contributed by atoms with Crippen molar-refractivity contribution in [1.82, 2.24) is 0 Å². The molecule has 0 aliphatic heterocycles. The maximum atomic E-state index is 13.1. The van der Waals surface area contributed by atoms with Gasteiger partial charge in [-0.3, -0.25) is 0 Å². The van der Waals surface area contributed by atoms with Crippen molar-refractivity contribution in [1.29, 1.82) is 0 Å². The van der Waals surface area contributed by atoms with Gasteiger partial charge in [0.05, 0.1) is 0 Å². The molecule has 0 aromatic heterocycles. The fourth-order valence-electron chi connectivity index (χ4n) is 1.44. The maximum Gasteiger partial charge on any atom is 0.460 e. The van der Waals surface area contributed by atoms with Crippen LogP contribution in [-0.2, 0) is 0 Å². The number of aliphatic hydroxyl groups is 1. The van der Waals surface area contributed by atoms with Crippen LogP contribution in [0.4, 0.5) is 74.6 Å². The van der Waals surface area contributed by atoms with E-state index in [2.05, 4.69) is 0 Å². The fourth-order valence-corrected chi connectivity index (χ4v) is 1.44. The number of hydrogen-bond donors (Lipinski definition) is 1. The van der Waals surface area contributed by atoms with E-state index in [1.54, 1.807) is 0 Å². The van der Waals surface area contributed by atoms with Gasteiger partial charge < -0.3 is 5.11 Å². The SMILES string of the molecule is CC(O)C(F)(F)C(F)(F)C(F)(F)C(F)(F)C(F)(F)C(F)(F)C(F)(F)C(F)(F)F. The van der Waals surface area contributed by atoms with Crippen LogP contribution in [-0.4, -0.2) is 58.8 Å². The average Bonchev–Trinajstić information content (AvgIpc) is 2.44. The summed E-state index contributed by atoms with van der Waals surface area (Å²) in [4.78, 5) is 0. The molecule has 1 nitrogen and oxygen atoms in total. The Labute approximate surface area is 142 Å². The lowest BCUT2D eigenvalue weighted by molar-refractivity contribution is -0.463. The normalized spacial score (nSPS) is 17.7. The first kappa shape index (κ1) is 26.8. The third kappa shape index (κ3) is 3.05. The van der Waals surface area contributed by atoms with Crippen LogP contribution < -0.4 is 0 Å². The molecule has 1 atom stereocenters. The minimum Gasteiger partial charge on any atom is -0.387 e. The molecule has 0 aliphatic carbocycles. The Morgan fingerprint density at radius 3 is 0.857 bits per heavy atom. The molecule has 0 aliphatic rings. The van der Waals surface area contributed by atoms with Gasteiger partial charge in [0, 0.05) is 0 Å². The molecular weight excluding hydrogens is 459 g/mol. The van der Waals surface area contributed by atoms with E-state index in [1.165, 1.54) is 0 Å². The second kappa shape index (κ2) is 6.38. The number of halogens is 17. The third-order valence-corrected chi connectivity index (χ3v) is 3.27. The third-order valence-electron chi connectivity index (χ3n) is 3.27. The number of hydrogen-bond acceptors (Lipinski definition) is 1. The lowest BCUT2D eigenvalue weighted by atomic mass is 9.88. The first-order chi connectivity index (χ1) is 11.7. The van der Waals surface area contributed by atoms with Crippen molar-refractivity contribution in [2.24, 2.45) is 0 Å². The van der Waals surface area contributed by atoms with Gasteiger partial charge >= 0.3 is 47.6 Å². The summed E-state index contributed by atoms with van der Waals surface area (Å²) in [6.07, 6.45) is -11.8. The highest BCUT2D eigenvalue weighted by Crippen LogP contribution is 2.64. The van der Waals surface area contributed by atoms with Gasteiger partial charge in [0.2, 0.25) is 0 Å². The summed E-state index contributed by atoms with van der Waals surface area (Å²) in [5.74, 6) is -56.9. The number of aliphatic hydroxyl groups excluding tert-OH is 1. The quantitative estimate of drug-likeness (QED) is 0.503. The summed E-state index contributed by atoms with van der Waals surface area (Å²) >= 11 is 0. The summed E-state index contributed by atoms with van der Waals surface area (Å²) < 4.78 is 216. The molecule has 1 unspecified atom stereocenters. The largest absolute Gasteiger partial charge is 0.460 e. The van der Waals surface area contributed by atoms with E-state index < -0.39 is 60.7 Å². The molecule has 170 valence electrons. The van der Waals surface area contributed by atoms with Crippen molar-refractivity contribution in [3.05, 3.63) is 0 Å². The van der Waals surface area contributed by atoms with Gasteiger partial charge in [-0.2, -0.15) is 74.6 Å². The predicted molar refractivity (Wildman–Crippen MR) is 52.4 cm³/mol. The van der Waals surface area contributed by atoms with E-state index in [-0.39, 0.29) is 0 Å². The lowest BCUT2D eigenvalue weighted by Gasteiger charge is -2.43. The van der Waals surface area contributed by atoms with Crippen LogP contribution in [0.15, 0.2) is 0 Å². The average molecular weight is 464 g/mol. The Hall–Kier alpha value is -1.23. The molecule has 0 radical (unpaired) electrons. The van der Waals surface area contributed by atoms with E-state index in [9.17, 15) is 74.6 Å². The van der Waals surface area contributed by atoms with Crippen LogP contribution in [0, 0.1) is 0 Å². The van der Waals surface area contributed by atoms with Crippen molar-refractivity contribution < 1.29 is 79.7 Å². The van der Waals surface area contributed by atoms with E-state index in [1.807, 2.05) is 0 Å². The molecule has 0 rings (SSSR count). The predicted octanol–water partition coefficient (Wildman–Crippen LogP) is 5.38. The molecule has 0 fully saturated rings. The highest BCUT2D eigenvalue weighted by molar-refractivity contribution is 5.15. The molecule has 0 bridgehead atoms. The van der Waals surface area contributed by atoms with Gasteiger partial charge in [-0.15, -0.1) is 0 Å². The molecule has 0 amide bonds. The second-order valence-electron chi connectivity index (χ2n) is 5.24. The van der Waals surface area contributed by atoms with Gasteiger partial charge in [0.25, 0.3) is 0 Å². The Balaban J connectivity index is 6.72. The van der Waals surface area contributed by atoms with Crippen molar-refractivity contribution in [3.8, 4) is 0 Å². The van der Waals surface area contributed by atoms with Gasteiger partial charge in [-0.1, -0.05) is 0 Å². The molecular formula is C10H5F17O. The van der Waals surface area contributed by atoms with Crippen LogP contribution in [0.1, 0.15) is 6.92 Å². The second-order valence-corrected chi connectivity index (χ2v) is 5.24. The first-order valence-corrected chi connectivity index (χ1v) is 6.09. The first-order valence-electron chi connectivity index (χ1n) is 6.09. The summed E-state index contributed by atoms with van der Waals surface area (Å²) in [5.41, 5.74) is 0. The van der Waals surface area contributed by atoms with Gasteiger partial charge in [-0.25, -0.2) is 0 Å². The zero-order valence-electron chi connectivity index (χ0n) is 12.4. The number of rotatable bonds is 7. The molecule has 0 saturated carbocycles. The fraction of sp³-hybridized carbons (Fsp3) is 1.00. The molecule has 0 aromatic rings. The van der Waals surface area contributed by atoms with Gasteiger partial charge in [0.1, 0.15) is 6.10 Å². The highest BCUT2D eigenvalue weighted by Gasteiger charge is 2.95. The Kier molecular flexibility index (Phi) is 6.10. The molecule has 0 heterocycles. The van der Waals surface area contributed by atoms with Crippen LogP contribution in [0.25, 0.3) is 0 Å². The monoisotopic (exact) mass is 464 g/mol. The van der Waals surface area contributed by atoms with Gasteiger partial charge in [0.15, 0.2) is 0 Å². The van der Waals surface area contributed by atoms with Crippen molar-refractivity contribution in [2.45, 2.75) is 60.7 Å².